The first-order valence-electron chi connectivity index (χ1n) is 6.41. The van der Waals surface area contributed by atoms with Gasteiger partial charge in [-0.3, -0.25) is 0 Å². The number of nitrogens with zero attached hydrogens (tertiary/aromatic N) is 3. The maximum Gasteiger partial charge on any atom is 0.141 e. The zero-order chi connectivity index (χ0) is 14.8. The maximum atomic E-state index is 13.8. The van der Waals surface area contributed by atoms with Gasteiger partial charge in [0, 0.05) is 15.6 Å². The zero-order valence-corrected chi connectivity index (χ0v) is 13.4. The molecule has 1 heterocycles. The van der Waals surface area contributed by atoms with Gasteiger partial charge in [0.25, 0.3) is 0 Å². The molecule has 0 aliphatic carbocycles. The highest BCUT2D eigenvalue weighted by Crippen LogP contribution is 2.16. The lowest BCUT2D eigenvalue weighted by molar-refractivity contribution is 0.409. The van der Waals surface area contributed by atoms with E-state index in [1.807, 2.05) is 0 Å². The normalized spacial score (nSPS) is 11.8. The molecule has 0 radical (unpaired) electrons. The molecule has 20 heavy (non-hydrogen) atoms. The molecule has 0 bridgehead atoms. The standard InChI is InChI=1S/C14H18BrFN4/c1-14(2,3)18-7-13-17-9-19-20(13)8-10-6-11(15)4-5-12(10)16/h4-6,9,18H,7-8H2,1-3H3. The molecule has 0 aliphatic rings. The van der Waals surface area contributed by atoms with Crippen LogP contribution < -0.4 is 5.32 Å². The van der Waals surface area contributed by atoms with Gasteiger partial charge >= 0.3 is 0 Å². The Balaban J connectivity index is 2.14. The molecule has 1 aromatic heterocycles. The van der Waals surface area contributed by atoms with E-state index >= 15 is 0 Å². The fourth-order valence-electron chi connectivity index (χ4n) is 1.73. The summed E-state index contributed by atoms with van der Waals surface area (Å²) in [4.78, 5) is 4.22. The molecule has 4 nitrogen and oxygen atoms in total. The molecule has 0 saturated carbocycles. The van der Waals surface area contributed by atoms with E-state index in [1.165, 1.54) is 12.4 Å². The summed E-state index contributed by atoms with van der Waals surface area (Å²) in [6, 6.07) is 4.89. The van der Waals surface area contributed by atoms with E-state index in [0.717, 1.165) is 10.3 Å². The Kier molecular flexibility index (Phi) is 4.55. The lowest BCUT2D eigenvalue weighted by atomic mass is 10.1. The molecule has 1 aromatic carbocycles. The maximum absolute atomic E-state index is 13.8. The lowest BCUT2D eigenvalue weighted by Crippen LogP contribution is -2.36. The Morgan fingerprint density at radius 1 is 1.35 bits per heavy atom. The van der Waals surface area contributed by atoms with Crippen molar-refractivity contribution in [3.63, 3.8) is 0 Å². The highest BCUT2D eigenvalue weighted by atomic mass is 79.9. The smallest absolute Gasteiger partial charge is 0.141 e. The number of nitrogens with one attached hydrogen (secondary N) is 1. The van der Waals surface area contributed by atoms with E-state index in [2.05, 4.69) is 52.1 Å². The first-order chi connectivity index (χ1) is 9.35. The van der Waals surface area contributed by atoms with Gasteiger partial charge < -0.3 is 5.32 Å². The van der Waals surface area contributed by atoms with Gasteiger partial charge in [0.2, 0.25) is 0 Å². The molecular weight excluding hydrogens is 323 g/mol. The summed E-state index contributed by atoms with van der Waals surface area (Å²) < 4.78 is 16.3. The van der Waals surface area contributed by atoms with E-state index in [0.29, 0.717) is 18.7 Å². The Bertz CT molecular complexity index is 589. The van der Waals surface area contributed by atoms with Crippen LogP contribution in [0.2, 0.25) is 0 Å². The van der Waals surface area contributed by atoms with Crippen LogP contribution >= 0.6 is 15.9 Å². The van der Waals surface area contributed by atoms with Gasteiger partial charge in [-0.1, -0.05) is 15.9 Å². The van der Waals surface area contributed by atoms with E-state index in [4.69, 9.17) is 0 Å². The molecule has 1 N–H and O–H groups in total. The van der Waals surface area contributed by atoms with Crippen molar-refractivity contribution in [3.8, 4) is 0 Å². The van der Waals surface area contributed by atoms with Gasteiger partial charge in [0.15, 0.2) is 0 Å². The molecule has 6 heteroatoms. The number of rotatable bonds is 4. The van der Waals surface area contributed by atoms with Crippen LogP contribution in [-0.2, 0) is 13.1 Å². The number of aromatic nitrogens is 3. The SMILES string of the molecule is CC(C)(C)NCc1ncnn1Cc1cc(Br)ccc1F. The van der Waals surface area contributed by atoms with Crippen molar-refractivity contribution in [1.29, 1.82) is 0 Å². The van der Waals surface area contributed by atoms with Crippen LogP contribution in [0.3, 0.4) is 0 Å². The second-order valence-electron chi connectivity index (χ2n) is 5.67. The molecule has 2 aromatic rings. The molecule has 0 atom stereocenters. The summed E-state index contributed by atoms with van der Waals surface area (Å²) in [6.45, 7) is 7.22. The summed E-state index contributed by atoms with van der Waals surface area (Å²) in [6.07, 6.45) is 1.50. The molecule has 0 fully saturated rings. The van der Waals surface area contributed by atoms with Gasteiger partial charge in [-0.15, -0.1) is 0 Å². The molecular formula is C14H18BrFN4. The summed E-state index contributed by atoms with van der Waals surface area (Å²) >= 11 is 3.35. The average Bonchev–Trinajstić information content (AvgIpc) is 2.78. The van der Waals surface area contributed by atoms with Gasteiger partial charge in [-0.05, 0) is 39.0 Å². The van der Waals surface area contributed by atoms with Crippen LogP contribution in [0.4, 0.5) is 4.39 Å². The summed E-state index contributed by atoms with van der Waals surface area (Å²) in [5.41, 5.74) is 0.583. The van der Waals surface area contributed by atoms with Crippen LogP contribution in [-0.4, -0.2) is 20.3 Å². The van der Waals surface area contributed by atoms with Gasteiger partial charge in [0.05, 0.1) is 13.1 Å². The van der Waals surface area contributed by atoms with Crippen molar-refractivity contribution in [3.05, 3.63) is 46.2 Å². The number of hydrogen-bond donors (Lipinski definition) is 1. The van der Waals surface area contributed by atoms with Crippen molar-refractivity contribution >= 4 is 15.9 Å². The average molecular weight is 341 g/mol. The Hall–Kier alpha value is -1.27. The minimum absolute atomic E-state index is 0.00218. The highest BCUT2D eigenvalue weighted by Gasteiger charge is 2.13. The highest BCUT2D eigenvalue weighted by molar-refractivity contribution is 9.10. The predicted octanol–water partition coefficient (Wildman–Crippen LogP) is 3.12. The molecule has 0 spiro atoms. The third kappa shape index (κ3) is 4.11. The zero-order valence-electron chi connectivity index (χ0n) is 11.8. The lowest BCUT2D eigenvalue weighted by Gasteiger charge is -2.20. The fraction of sp³-hybridized carbons (Fsp3) is 0.429. The molecule has 0 amide bonds. The van der Waals surface area contributed by atoms with E-state index < -0.39 is 0 Å². The fourth-order valence-corrected chi connectivity index (χ4v) is 2.14. The van der Waals surface area contributed by atoms with Crippen LogP contribution in [0.25, 0.3) is 0 Å². The molecule has 2 rings (SSSR count). The van der Waals surface area contributed by atoms with E-state index in [1.54, 1.807) is 16.8 Å². The molecule has 0 saturated heterocycles. The molecule has 108 valence electrons. The summed E-state index contributed by atoms with van der Waals surface area (Å²) in [5.74, 6) is 0.553. The topological polar surface area (TPSA) is 42.7 Å². The van der Waals surface area contributed by atoms with Crippen molar-refractivity contribution in [2.45, 2.75) is 39.4 Å². The van der Waals surface area contributed by atoms with E-state index in [9.17, 15) is 4.39 Å². The largest absolute Gasteiger partial charge is 0.305 e. The van der Waals surface area contributed by atoms with Crippen LogP contribution in [0.5, 0.6) is 0 Å². The van der Waals surface area contributed by atoms with Crippen molar-refractivity contribution in [2.75, 3.05) is 0 Å². The Morgan fingerprint density at radius 3 is 2.80 bits per heavy atom. The van der Waals surface area contributed by atoms with E-state index in [-0.39, 0.29) is 11.4 Å². The quantitative estimate of drug-likeness (QED) is 0.929. The third-order valence-electron chi connectivity index (χ3n) is 2.80. The number of hydrogen-bond acceptors (Lipinski definition) is 3. The number of halogens is 2. The number of benzene rings is 1. The van der Waals surface area contributed by atoms with Gasteiger partial charge in [-0.2, -0.15) is 5.10 Å². The Labute approximate surface area is 126 Å². The monoisotopic (exact) mass is 340 g/mol. The van der Waals surface area contributed by atoms with Gasteiger partial charge in [0.1, 0.15) is 18.0 Å². The minimum Gasteiger partial charge on any atom is -0.305 e. The van der Waals surface area contributed by atoms with Crippen LogP contribution in [0.15, 0.2) is 29.0 Å². The van der Waals surface area contributed by atoms with Crippen molar-refractivity contribution in [1.82, 2.24) is 20.1 Å². The first-order valence-corrected chi connectivity index (χ1v) is 7.20. The minimum atomic E-state index is -0.238. The van der Waals surface area contributed by atoms with Crippen molar-refractivity contribution in [2.24, 2.45) is 0 Å². The van der Waals surface area contributed by atoms with Crippen LogP contribution in [0.1, 0.15) is 32.2 Å². The second kappa shape index (κ2) is 6.01. The van der Waals surface area contributed by atoms with Gasteiger partial charge in [-0.25, -0.2) is 14.1 Å². The molecule has 0 aliphatic heterocycles. The first kappa shape index (κ1) is 15.1. The van der Waals surface area contributed by atoms with Crippen molar-refractivity contribution < 1.29 is 4.39 Å². The second-order valence-corrected chi connectivity index (χ2v) is 6.59. The molecule has 0 unspecified atom stereocenters. The Morgan fingerprint density at radius 2 is 2.10 bits per heavy atom. The summed E-state index contributed by atoms with van der Waals surface area (Å²) in [7, 11) is 0. The van der Waals surface area contributed by atoms with Crippen LogP contribution in [0, 0.1) is 5.82 Å². The predicted molar refractivity (Wildman–Crippen MR) is 79.8 cm³/mol. The third-order valence-corrected chi connectivity index (χ3v) is 3.29. The summed E-state index contributed by atoms with van der Waals surface area (Å²) in [5, 5.41) is 7.52.